The van der Waals surface area contributed by atoms with Crippen LogP contribution < -0.4 is 0 Å². The van der Waals surface area contributed by atoms with Gasteiger partial charge in [0, 0.05) is 26.1 Å². The van der Waals surface area contributed by atoms with Crippen LogP contribution in [0.4, 0.5) is 0 Å². The molecule has 0 aromatic heterocycles. The average Bonchev–Trinajstić information content (AvgIpc) is 2.78. The molecule has 2 atom stereocenters. The third-order valence-corrected chi connectivity index (χ3v) is 4.51. The summed E-state index contributed by atoms with van der Waals surface area (Å²) in [6, 6.07) is 0. The van der Waals surface area contributed by atoms with Crippen molar-refractivity contribution in [3.8, 4) is 0 Å². The molecule has 2 heterocycles. The third kappa shape index (κ3) is 2.72. The van der Waals surface area contributed by atoms with Gasteiger partial charge in [0.2, 0.25) is 17.7 Å². The Morgan fingerprint density at radius 3 is 2.24 bits per heavy atom. The summed E-state index contributed by atoms with van der Waals surface area (Å²) in [6.07, 6.45) is 5.43. The highest BCUT2D eigenvalue weighted by atomic mass is 16.5. The van der Waals surface area contributed by atoms with E-state index in [2.05, 4.69) is 0 Å². The molecule has 2 saturated heterocycles. The van der Waals surface area contributed by atoms with Crippen LogP contribution in [0.2, 0.25) is 0 Å². The number of imide groups is 1. The first-order chi connectivity index (χ1) is 10.2. The third-order valence-electron chi connectivity index (χ3n) is 4.51. The van der Waals surface area contributed by atoms with Gasteiger partial charge in [0.1, 0.15) is 0 Å². The lowest BCUT2D eigenvalue weighted by molar-refractivity contribution is -0.141. The summed E-state index contributed by atoms with van der Waals surface area (Å²) in [5.74, 6) is -0.637. The second-order valence-electron chi connectivity index (χ2n) is 5.73. The summed E-state index contributed by atoms with van der Waals surface area (Å²) in [6.45, 7) is 2.51. The molecule has 0 radical (unpaired) electrons. The number of hydrogen-bond acceptors (Lipinski definition) is 4. The Morgan fingerprint density at radius 1 is 1.10 bits per heavy atom. The zero-order valence-corrected chi connectivity index (χ0v) is 12.0. The van der Waals surface area contributed by atoms with Crippen molar-refractivity contribution < 1.29 is 19.1 Å². The first-order valence-corrected chi connectivity index (χ1v) is 7.54. The Bertz CT molecular complexity index is 456. The van der Waals surface area contributed by atoms with E-state index in [0.29, 0.717) is 39.1 Å². The molecule has 0 aromatic rings. The Balaban J connectivity index is 1.56. The monoisotopic (exact) mass is 292 g/mol. The maximum atomic E-state index is 12.3. The topological polar surface area (TPSA) is 66.9 Å². The highest BCUT2D eigenvalue weighted by Gasteiger charge is 2.46. The van der Waals surface area contributed by atoms with Crippen LogP contribution in [-0.2, 0) is 19.1 Å². The molecule has 0 bridgehead atoms. The lowest BCUT2D eigenvalue weighted by atomic mass is 9.85. The van der Waals surface area contributed by atoms with Crippen molar-refractivity contribution >= 4 is 17.7 Å². The van der Waals surface area contributed by atoms with Crippen LogP contribution in [0.1, 0.15) is 19.3 Å². The number of amides is 3. The molecule has 21 heavy (non-hydrogen) atoms. The zero-order chi connectivity index (χ0) is 14.8. The average molecular weight is 292 g/mol. The van der Waals surface area contributed by atoms with Gasteiger partial charge in [0.15, 0.2) is 0 Å². The van der Waals surface area contributed by atoms with E-state index < -0.39 is 0 Å². The summed E-state index contributed by atoms with van der Waals surface area (Å²) in [5, 5.41) is 0. The molecule has 6 heteroatoms. The fourth-order valence-corrected chi connectivity index (χ4v) is 3.27. The number of carbonyl (C=O) groups is 3. The summed E-state index contributed by atoms with van der Waals surface area (Å²) in [4.78, 5) is 39.7. The van der Waals surface area contributed by atoms with Gasteiger partial charge in [-0.25, -0.2) is 0 Å². The van der Waals surface area contributed by atoms with Crippen LogP contribution in [0.25, 0.3) is 0 Å². The van der Waals surface area contributed by atoms with Crippen molar-refractivity contribution in [2.75, 3.05) is 32.8 Å². The number of nitrogens with zero attached hydrogens (tertiary/aromatic N) is 2. The second kappa shape index (κ2) is 5.97. The molecular weight excluding hydrogens is 272 g/mol. The predicted octanol–water partition coefficient (Wildman–Crippen LogP) is 0.187. The number of likely N-dealkylation sites (tertiary alicyclic amines) is 1. The van der Waals surface area contributed by atoms with Crippen LogP contribution in [-0.4, -0.2) is 60.4 Å². The van der Waals surface area contributed by atoms with Crippen LogP contribution in [0.15, 0.2) is 12.2 Å². The fraction of sp³-hybridized carbons (Fsp3) is 0.667. The molecule has 3 amide bonds. The van der Waals surface area contributed by atoms with Crippen LogP contribution in [0.5, 0.6) is 0 Å². The van der Waals surface area contributed by atoms with E-state index in [0.717, 1.165) is 0 Å². The molecule has 6 nitrogen and oxygen atoms in total. The molecule has 1 aliphatic carbocycles. The van der Waals surface area contributed by atoms with Crippen molar-refractivity contribution in [2.45, 2.75) is 19.3 Å². The van der Waals surface area contributed by atoms with E-state index >= 15 is 0 Å². The Hall–Kier alpha value is -1.69. The first kappa shape index (κ1) is 14.3. The number of morpholine rings is 1. The maximum absolute atomic E-state index is 12.3. The smallest absolute Gasteiger partial charge is 0.233 e. The Labute approximate surface area is 123 Å². The molecule has 0 aromatic carbocycles. The number of ether oxygens (including phenoxy) is 1. The largest absolute Gasteiger partial charge is 0.378 e. The molecule has 0 spiro atoms. The minimum atomic E-state index is -0.207. The molecule has 114 valence electrons. The number of hydrogen-bond donors (Lipinski definition) is 0. The van der Waals surface area contributed by atoms with Crippen molar-refractivity contribution in [3.63, 3.8) is 0 Å². The molecular formula is C15H20N2O4. The Morgan fingerprint density at radius 2 is 1.67 bits per heavy atom. The minimum Gasteiger partial charge on any atom is -0.378 e. The van der Waals surface area contributed by atoms with Gasteiger partial charge < -0.3 is 9.64 Å². The number of rotatable bonds is 3. The van der Waals surface area contributed by atoms with E-state index in [1.54, 1.807) is 4.90 Å². The molecule has 3 rings (SSSR count). The van der Waals surface area contributed by atoms with Gasteiger partial charge in [-0.3, -0.25) is 19.3 Å². The van der Waals surface area contributed by atoms with Gasteiger partial charge in [-0.05, 0) is 12.8 Å². The standard InChI is InChI=1S/C15H20N2O4/c18-13(16-7-9-21-10-8-16)5-6-17-14(19)11-3-1-2-4-12(11)15(17)20/h1-2,11-12H,3-10H2. The summed E-state index contributed by atoms with van der Waals surface area (Å²) >= 11 is 0. The summed E-state index contributed by atoms with van der Waals surface area (Å²) in [5.41, 5.74) is 0. The predicted molar refractivity (Wildman–Crippen MR) is 74.1 cm³/mol. The minimum absolute atomic E-state index is 0.00750. The first-order valence-electron chi connectivity index (χ1n) is 7.54. The normalized spacial score (nSPS) is 29.0. The van der Waals surface area contributed by atoms with Gasteiger partial charge in [-0.15, -0.1) is 0 Å². The van der Waals surface area contributed by atoms with Crippen LogP contribution in [0.3, 0.4) is 0 Å². The molecule has 2 fully saturated rings. The zero-order valence-electron chi connectivity index (χ0n) is 12.0. The van der Waals surface area contributed by atoms with E-state index in [-0.39, 0.29) is 42.5 Å². The van der Waals surface area contributed by atoms with E-state index in [4.69, 9.17) is 4.74 Å². The molecule has 2 aliphatic heterocycles. The van der Waals surface area contributed by atoms with Crippen LogP contribution >= 0.6 is 0 Å². The molecule has 2 unspecified atom stereocenters. The van der Waals surface area contributed by atoms with Gasteiger partial charge in [0.25, 0.3) is 0 Å². The van der Waals surface area contributed by atoms with Crippen molar-refractivity contribution in [2.24, 2.45) is 11.8 Å². The second-order valence-corrected chi connectivity index (χ2v) is 5.73. The van der Waals surface area contributed by atoms with E-state index in [9.17, 15) is 14.4 Å². The van der Waals surface area contributed by atoms with Crippen LogP contribution in [0, 0.1) is 11.8 Å². The van der Waals surface area contributed by atoms with E-state index in [1.165, 1.54) is 4.90 Å². The lowest BCUT2D eigenvalue weighted by Gasteiger charge is -2.27. The van der Waals surface area contributed by atoms with Crippen molar-refractivity contribution in [3.05, 3.63) is 12.2 Å². The number of allylic oxidation sites excluding steroid dienone is 2. The SMILES string of the molecule is O=C(CCN1C(=O)C2CC=CCC2C1=O)N1CCOCC1. The number of fused-ring (bicyclic) bond motifs is 1. The lowest BCUT2D eigenvalue weighted by Crippen LogP contribution is -2.42. The summed E-state index contributed by atoms with van der Waals surface area (Å²) in [7, 11) is 0. The fourth-order valence-electron chi connectivity index (χ4n) is 3.27. The quantitative estimate of drug-likeness (QED) is 0.550. The van der Waals surface area contributed by atoms with Gasteiger partial charge in [0.05, 0.1) is 25.0 Å². The molecule has 0 saturated carbocycles. The Kier molecular flexibility index (Phi) is 4.05. The highest BCUT2D eigenvalue weighted by Crippen LogP contribution is 2.35. The van der Waals surface area contributed by atoms with Gasteiger partial charge >= 0.3 is 0 Å². The van der Waals surface area contributed by atoms with Gasteiger partial charge in [-0.2, -0.15) is 0 Å². The van der Waals surface area contributed by atoms with Crippen molar-refractivity contribution in [1.29, 1.82) is 0 Å². The highest BCUT2D eigenvalue weighted by molar-refractivity contribution is 6.05. The van der Waals surface area contributed by atoms with E-state index in [1.807, 2.05) is 12.2 Å². The molecule has 0 N–H and O–H groups in total. The summed E-state index contributed by atoms with van der Waals surface area (Å²) < 4.78 is 5.21. The number of carbonyl (C=O) groups excluding carboxylic acids is 3. The van der Waals surface area contributed by atoms with Crippen molar-refractivity contribution in [1.82, 2.24) is 9.80 Å². The van der Waals surface area contributed by atoms with Gasteiger partial charge in [-0.1, -0.05) is 12.2 Å². The molecule has 3 aliphatic rings. The maximum Gasteiger partial charge on any atom is 0.233 e.